The molecule has 7 heteroatoms. The molecular formula is H2AgNO4S. The molecule has 0 rings (SSSR count). The fourth-order valence-corrected chi connectivity index (χ4v) is 0. The maximum atomic E-state index is 9.10. The zero-order valence-corrected chi connectivity index (χ0v) is 5.22. The van der Waals surface area contributed by atoms with Crippen molar-refractivity contribution < 1.29 is 39.6 Å². The third kappa shape index (κ3) is 10.8. The van der Waals surface area contributed by atoms with Crippen LogP contribution >= 0.6 is 0 Å². The van der Waals surface area contributed by atoms with Gasteiger partial charge in [-0.05, 0) is 0 Å². The third-order valence-electron chi connectivity index (χ3n) is 0.118. The SMILES string of the molecule is NOS(=O)(=O)[O-].[Ag+]. The van der Waals surface area contributed by atoms with Crippen LogP contribution < -0.4 is 5.90 Å². The summed E-state index contributed by atoms with van der Waals surface area (Å²) >= 11 is 0. The van der Waals surface area contributed by atoms with Gasteiger partial charge in [-0.1, -0.05) is 0 Å². The molecular weight excluding hydrogens is 218 g/mol. The van der Waals surface area contributed by atoms with E-state index in [9.17, 15) is 0 Å². The van der Waals surface area contributed by atoms with E-state index in [-0.39, 0.29) is 22.4 Å². The molecule has 0 aliphatic carbocycles. The molecule has 5 nitrogen and oxygen atoms in total. The van der Waals surface area contributed by atoms with Gasteiger partial charge in [0.2, 0.25) is 10.4 Å². The summed E-state index contributed by atoms with van der Waals surface area (Å²) in [6, 6.07) is 0. The van der Waals surface area contributed by atoms with Gasteiger partial charge in [0.1, 0.15) is 0 Å². The van der Waals surface area contributed by atoms with E-state index in [2.05, 4.69) is 10.2 Å². The molecule has 0 aliphatic heterocycles. The van der Waals surface area contributed by atoms with Crippen molar-refractivity contribution in [3.63, 3.8) is 0 Å². The third-order valence-corrected chi connectivity index (χ3v) is 0.354. The smallest absolute Gasteiger partial charge is 0.724 e. The largest absolute Gasteiger partial charge is 1.00 e. The molecule has 0 aromatic carbocycles. The van der Waals surface area contributed by atoms with Crippen LogP contribution in [0.2, 0.25) is 0 Å². The average Bonchev–Trinajstić information content (AvgIpc) is 1.35. The van der Waals surface area contributed by atoms with E-state index in [4.69, 9.17) is 13.0 Å². The van der Waals surface area contributed by atoms with Gasteiger partial charge in [0.25, 0.3) is 0 Å². The summed E-state index contributed by atoms with van der Waals surface area (Å²) in [5, 5.41) is 0. The second-order valence-corrected chi connectivity index (χ2v) is 1.51. The van der Waals surface area contributed by atoms with Crippen molar-refractivity contribution in [2.24, 2.45) is 5.90 Å². The first-order valence-electron chi connectivity index (χ1n) is 0.902. The summed E-state index contributed by atoms with van der Waals surface area (Å²) < 4.78 is 30.1. The van der Waals surface area contributed by atoms with Gasteiger partial charge in [-0.2, -0.15) is 10.2 Å². The molecule has 0 spiro atoms. The number of hydrogen-bond acceptors (Lipinski definition) is 5. The molecule has 0 unspecified atom stereocenters. The van der Waals surface area contributed by atoms with E-state index in [1.807, 2.05) is 0 Å². The maximum absolute atomic E-state index is 9.10. The van der Waals surface area contributed by atoms with Crippen molar-refractivity contribution in [1.29, 1.82) is 0 Å². The summed E-state index contributed by atoms with van der Waals surface area (Å²) in [5.74, 6) is 3.91. The molecule has 0 fully saturated rings. The minimum Gasteiger partial charge on any atom is -0.724 e. The summed E-state index contributed by atoms with van der Waals surface area (Å²) in [7, 11) is -4.63. The van der Waals surface area contributed by atoms with Crippen LogP contribution in [0.1, 0.15) is 0 Å². The molecule has 2 N–H and O–H groups in total. The summed E-state index contributed by atoms with van der Waals surface area (Å²) in [6.07, 6.45) is 0. The van der Waals surface area contributed by atoms with Crippen molar-refractivity contribution in [2.45, 2.75) is 0 Å². The quantitative estimate of drug-likeness (QED) is 0.247. The Morgan fingerprint density at radius 2 is 1.71 bits per heavy atom. The van der Waals surface area contributed by atoms with Crippen molar-refractivity contribution in [1.82, 2.24) is 0 Å². The zero-order chi connectivity index (χ0) is 5.21. The second-order valence-electron chi connectivity index (χ2n) is 0.504. The molecule has 0 aromatic heterocycles. The molecule has 0 saturated heterocycles. The molecule has 0 aromatic rings. The molecule has 0 amide bonds. The Bertz CT molecular complexity index is 114. The summed E-state index contributed by atoms with van der Waals surface area (Å²) in [5.41, 5.74) is 0. The molecule has 0 heterocycles. The Hall–Kier alpha value is 0.570. The summed E-state index contributed by atoms with van der Waals surface area (Å²) in [6.45, 7) is 0. The zero-order valence-electron chi connectivity index (χ0n) is 2.92. The van der Waals surface area contributed by atoms with E-state index < -0.39 is 10.4 Å². The van der Waals surface area contributed by atoms with Gasteiger partial charge in [-0.25, -0.2) is 8.42 Å². The summed E-state index contributed by atoms with van der Waals surface area (Å²) in [4.78, 5) is 0. The topological polar surface area (TPSA) is 92.5 Å². The molecule has 0 radical (unpaired) electrons. The van der Waals surface area contributed by atoms with Crippen molar-refractivity contribution in [3.05, 3.63) is 0 Å². The van der Waals surface area contributed by atoms with Crippen LogP contribution in [0.3, 0.4) is 0 Å². The molecule has 0 saturated carbocycles. The first-order chi connectivity index (χ1) is 2.56. The van der Waals surface area contributed by atoms with Gasteiger partial charge >= 0.3 is 22.4 Å². The van der Waals surface area contributed by atoms with Crippen molar-refractivity contribution >= 4 is 10.4 Å². The van der Waals surface area contributed by atoms with E-state index >= 15 is 0 Å². The molecule has 0 atom stereocenters. The fourth-order valence-electron chi connectivity index (χ4n) is 0. The van der Waals surface area contributed by atoms with Crippen molar-refractivity contribution in [3.8, 4) is 0 Å². The van der Waals surface area contributed by atoms with Crippen LogP contribution in [0.15, 0.2) is 0 Å². The van der Waals surface area contributed by atoms with Gasteiger partial charge in [-0.15, -0.1) is 0 Å². The first-order valence-corrected chi connectivity index (χ1v) is 2.24. The van der Waals surface area contributed by atoms with E-state index in [1.54, 1.807) is 0 Å². The fraction of sp³-hybridized carbons (Fsp3) is 0. The molecule has 48 valence electrons. The van der Waals surface area contributed by atoms with Crippen LogP contribution in [-0.2, 0) is 37.1 Å². The van der Waals surface area contributed by atoms with E-state index in [0.29, 0.717) is 0 Å². The standard InChI is InChI=1S/Ag.H3NO4S/c;1-5-6(2,3)4/h;1H2,(H,2,3,4)/q+1;/p-1. The number of hydrogen-bond donors (Lipinski definition) is 1. The Kier molecular flexibility index (Phi) is 5.35. The van der Waals surface area contributed by atoms with Gasteiger partial charge in [-0.3, -0.25) is 0 Å². The second kappa shape index (κ2) is 3.56. The normalized spacial score (nSPS) is 10.0. The Morgan fingerprint density at radius 1 is 1.57 bits per heavy atom. The predicted molar refractivity (Wildman–Crippen MR) is 15.0 cm³/mol. The van der Waals surface area contributed by atoms with Crippen LogP contribution in [0.5, 0.6) is 0 Å². The van der Waals surface area contributed by atoms with E-state index in [1.165, 1.54) is 0 Å². The monoisotopic (exact) mass is 219 g/mol. The van der Waals surface area contributed by atoms with Crippen LogP contribution in [0, 0.1) is 0 Å². The average molecular weight is 220 g/mol. The van der Waals surface area contributed by atoms with Crippen LogP contribution in [0.4, 0.5) is 0 Å². The minimum absolute atomic E-state index is 0. The van der Waals surface area contributed by atoms with E-state index in [0.717, 1.165) is 0 Å². The Balaban J connectivity index is 0. The van der Waals surface area contributed by atoms with Gasteiger partial charge in [0, 0.05) is 0 Å². The van der Waals surface area contributed by atoms with Crippen LogP contribution in [0.25, 0.3) is 0 Å². The number of nitrogens with two attached hydrogens (primary N) is 1. The number of rotatable bonds is 1. The van der Waals surface area contributed by atoms with Crippen molar-refractivity contribution in [2.75, 3.05) is 0 Å². The van der Waals surface area contributed by atoms with Crippen LogP contribution in [-0.4, -0.2) is 13.0 Å². The molecule has 0 bridgehead atoms. The van der Waals surface area contributed by atoms with Gasteiger partial charge in [0.05, 0.1) is 0 Å². The predicted octanol–water partition coefficient (Wildman–Crippen LogP) is -1.67. The molecule has 0 aliphatic rings. The minimum atomic E-state index is -4.63. The first kappa shape index (κ1) is 10.5. The van der Waals surface area contributed by atoms with Gasteiger partial charge < -0.3 is 4.55 Å². The Labute approximate surface area is 56.3 Å². The van der Waals surface area contributed by atoms with Gasteiger partial charge in [0.15, 0.2) is 0 Å². The molecule has 7 heavy (non-hydrogen) atoms. The Morgan fingerprint density at radius 3 is 1.71 bits per heavy atom. The maximum Gasteiger partial charge on any atom is 1.00 e.